The summed E-state index contributed by atoms with van der Waals surface area (Å²) in [6.45, 7) is 4.59. The Hall–Kier alpha value is -3.43. The number of piperidine rings is 1. The number of rotatable bonds is 4. The molecule has 4 aliphatic rings. The zero-order valence-electron chi connectivity index (χ0n) is 23.0. The second-order valence-corrected chi connectivity index (χ2v) is 12.6. The Labute approximate surface area is 234 Å². The second kappa shape index (κ2) is 9.89. The number of benzene rings is 2. The van der Waals surface area contributed by atoms with Gasteiger partial charge in [0.2, 0.25) is 0 Å². The molecule has 3 amide bonds. The van der Waals surface area contributed by atoms with Crippen molar-refractivity contribution in [1.82, 2.24) is 14.7 Å². The van der Waals surface area contributed by atoms with Gasteiger partial charge in [0, 0.05) is 48.3 Å². The van der Waals surface area contributed by atoms with Gasteiger partial charge in [-0.25, -0.2) is 4.79 Å². The molecule has 0 spiro atoms. The SMILES string of the molecule is CC1(C)CN(C[C@@H](O)[C@@H]2Cc3ccccc3CN2C(=O)O)C(=O)c2ccc(C(=O)N3[C@@H]4CC[C@H]3C[C@@H](O)C4)cc21. The van der Waals surface area contributed by atoms with Crippen LogP contribution in [0, 0.1) is 0 Å². The van der Waals surface area contributed by atoms with E-state index < -0.39 is 23.7 Å². The van der Waals surface area contributed by atoms with Crippen molar-refractivity contribution in [3.8, 4) is 0 Å². The van der Waals surface area contributed by atoms with E-state index in [1.807, 2.05) is 49.1 Å². The first-order chi connectivity index (χ1) is 19.0. The number of carbonyl (C=O) groups is 3. The molecule has 0 aliphatic carbocycles. The smallest absolute Gasteiger partial charge is 0.407 e. The van der Waals surface area contributed by atoms with Crippen molar-refractivity contribution < 1.29 is 29.7 Å². The van der Waals surface area contributed by atoms with Crippen LogP contribution in [0.5, 0.6) is 0 Å². The van der Waals surface area contributed by atoms with Crippen LogP contribution >= 0.6 is 0 Å². The fraction of sp³-hybridized carbons (Fsp3) is 0.516. The summed E-state index contributed by atoms with van der Waals surface area (Å²) in [5.41, 5.74) is 3.31. The maximum atomic E-state index is 13.6. The monoisotopic (exact) mass is 547 g/mol. The van der Waals surface area contributed by atoms with Crippen LogP contribution in [0.1, 0.15) is 76.9 Å². The molecule has 5 atom stereocenters. The van der Waals surface area contributed by atoms with Crippen LogP contribution in [0.15, 0.2) is 42.5 Å². The lowest BCUT2D eigenvalue weighted by atomic mass is 9.77. The van der Waals surface area contributed by atoms with Crippen molar-refractivity contribution in [2.75, 3.05) is 13.1 Å². The molecule has 6 rings (SSSR count). The molecule has 40 heavy (non-hydrogen) atoms. The summed E-state index contributed by atoms with van der Waals surface area (Å²) >= 11 is 0. The number of carbonyl (C=O) groups excluding carboxylic acids is 2. The number of β-amino-alcohol motifs (C(OH)–C–C–N with tert-alkyl or cyclic N) is 1. The van der Waals surface area contributed by atoms with E-state index >= 15 is 0 Å². The van der Waals surface area contributed by atoms with Gasteiger partial charge in [0.05, 0.1) is 18.2 Å². The van der Waals surface area contributed by atoms with Gasteiger partial charge < -0.3 is 25.1 Å². The van der Waals surface area contributed by atoms with Gasteiger partial charge in [-0.1, -0.05) is 38.1 Å². The zero-order valence-corrected chi connectivity index (χ0v) is 23.0. The number of fused-ring (bicyclic) bond motifs is 4. The number of amides is 3. The summed E-state index contributed by atoms with van der Waals surface area (Å²) in [4.78, 5) is 44.1. The van der Waals surface area contributed by atoms with Gasteiger partial charge in [-0.15, -0.1) is 0 Å². The van der Waals surface area contributed by atoms with E-state index in [1.165, 1.54) is 4.90 Å². The third kappa shape index (κ3) is 4.55. The molecule has 2 aromatic carbocycles. The molecule has 4 aliphatic heterocycles. The van der Waals surface area contributed by atoms with E-state index in [0.29, 0.717) is 36.9 Å². The lowest BCUT2D eigenvalue weighted by molar-refractivity contribution is 0.0132. The molecule has 0 aromatic heterocycles. The zero-order chi connectivity index (χ0) is 28.3. The Kier molecular flexibility index (Phi) is 6.62. The second-order valence-electron chi connectivity index (χ2n) is 12.6. The van der Waals surface area contributed by atoms with Crippen LogP contribution in [0.25, 0.3) is 0 Å². The minimum Gasteiger partial charge on any atom is -0.465 e. The minimum atomic E-state index is -1.09. The minimum absolute atomic E-state index is 0.0124. The fourth-order valence-electron chi connectivity index (χ4n) is 7.45. The van der Waals surface area contributed by atoms with Crippen LogP contribution in [0.3, 0.4) is 0 Å². The average molecular weight is 548 g/mol. The fourth-order valence-corrected chi connectivity index (χ4v) is 7.45. The number of nitrogens with zero attached hydrogens (tertiary/aromatic N) is 3. The van der Waals surface area contributed by atoms with Crippen LogP contribution in [0.4, 0.5) is 4.79 Å². The number of aliphatic hydroxyl groups excluding tert-OH is 2. The standard InChI is InChI=1S/C31H37N3O6/c1-31(2)17-32(16-27(36)26-12-18-5-3-4-6-20(18)15-33(26)30(39)40)29(38)24-10-7-19(11-25(24)31)28(37)34-21-8-9-22(34)14-23(35)13-21/h3-7,10-11,21-23,26-27,35-36H,8-9,12-17H2,1-2H3,(H,39,40)/t21-,22+,23+,26-,27+/m0/s1. The first-order valence-electron chi connectivity index (χ1n) is 14.2. The Morgan fingerprint density at radius 3 is 2.40 bits per heavy atom. The predicted molar refractivity (Wildman–Crippen MR) is 147 cm³/mol. The van der Waals surface area contributed by atoms with Crippen LogP contribution in [0.2, 0.25) is 0 Å². The average Bonchev–Trinajstić information content (AvgIpc) is 3.20. The van der Waals surface area contributed by atoms with Crippen LogP contribution in [-0.2, 0) is 18.4 Å². The molecule has 0 saturated carbocycles. The molecule has 4 heterocycles. The Morgan fingerprint density at radius 2 is 1.73 bits per heavy atom. The molecule has 2 fully saturated rings. The Morgan fingerprint density at radius 1 is 1.05 bits per heavy atom. The summed E-state index contributed by atoms with van der Waals surface area (Å²) in [6, 6.07) is 12.4. The maximum absolute atomic E-state index is 13.6. The summed E-state index contributed by atoms with van der Waals surface area (Å²) < 4.78 is 0. The number of aliphatic hydroxyl groups is 2. The highest BCUT2D eigenvalue weighted by Gasteiger charge is 2.44. The molecule has 2 saturated heterocycles. The first kappa shape index (κ1) is 26.8. The summed E-state index contributed by atoms with van der Waals surface area (Å²) in [7, 11) is 0. The molecule has 0 unspecified atom stereocenters. The number of hydrogen-bond donors (Lipinski definition) is 3. The van der Waals surface area contributed by atoms with E-state index in [2.05, 4.69) is 0 Å². The van der Waals surface area contributed by atoms with E-state index in [0.717, 1.165) is 29.5 Å². The molecular weight excluding hydrogens is 510 g/mol. The van der Waals surface area contributed by atoms with Crippen molar-refractivity contribution in [3.63, 3.8) is 0 Å². The molecule has 9 heteroatoms. The van der Waals surface area contributed by atoms with Gasteiger partial charge in [-0.2, -0.15) is 0 Å². The van der Waals surface area contributed by atoms with Crippen molar-refractivity contribution >= 4 is 17.9 Å². The van der Waals surface area contributed by atoms with Gasteiger partial charge in [0.25, 0.3) is 11.8 Å². The van der Waals surface area contributed by atoms with Crippen molar-refractivity contribution in [1.29, 1.82) is 0 Å². The van der Waals surface area contributed by atoms with Crippen molar-refractivity contribution in [2.45, 2.75) is 88.2 Å². The highest BCUT2D eigenvalue weighted by atomic mass is 16.4. The summed E-state index contributed by atoms with van der Waals surface area (Å²) in [5, 5.41) is 31.3. The summed E-state index contributed by atoms with van der Waals surface area (Å²) in [6.07, 6.45) is 0.915. The molecule has 212 valence electrons. The quantitative estimate of drug-likeness (QED) is 0.541. The van der Waals surface area contributed by atoms with E-state index in [9.17, 15) is 29.7 Å². The maximum Gasteiger partial charge on any atom is 0.407 e. The van der Waals surface area contributed by atoms with Gasteiger partial charge in [-0.05, 0) is 67.0 Å². The molecule has 2 bridgehead atoms. The van der Waals surface area contributed by atoms with E-state index in [-0.39, 0.29) is 43.1 Å². The lowest BCUT2D eigenvalue weighted by Gasteiger charge is -2.43. The summed E-state index contributed by atoms with van der Waals surface area (Å²) in [5.74, 6) is -0.277. The van der Waals surface area contributed by atoms with Crippen molar-refractivity contribution in [3.05, 3.63) is 70.3 Å². The highest BCUT2D eigenvalue weighted by molar-refractivity contribution is 6.00. The third-order valence-electron chi connectivity index (χ3n) is 9.43. The molecule has 2 aromatic rings. The van der Waals surface area contributed by atoms with Gasteiger partial charge in [0.15, 0.2) is 0 Å². The Bertz CT molecular complexity index is 1340. The normalized spacial score (nSPS) is 27.7. The molecule has 0 radical (unpaired) electrons. The first-order valence-corrected chi connectivity index (χ1v) is 14.2. The van der Waals surface area contributed by atoms with Crippen LogP contribution in [-0.4, -0.2) is 91.3 Å². The van der Waals surface area contributed by atoms with Crippen LogP contribution < -0.4 is 0 Å². The number of hydrogen-bond acceptors (Lipinski definition) is 5. The lowest BCUT2D eigenvalue weighted by Crippen LogP contribution is -2.56. The topological polar surface area (TPSA) is 122 Å². The third-order valence-corrected chi connectivity index (χ3v) is 9.43. The number of carboxylic acid groups (broad SMARTS) is 1. The highest BCUT2D eigenvalue weighted by Crippen LogP contribution is 2.39. The van der Waals surface area contributed by atoms with Gasteiger partial charge >= 0.3 is 6.09 Å². The van der Waals surface area contributed by atoms with Crippen molar-refractivity contribution in [2.24, 2.45) is 0 Å². The van der Waals surface area contributed by atoms with E-state index in [1.54, 1.807) is 17.0 Å². The Balaban J connectivity index is 1.22. The molecule has 3 N–H and O–H groups in total. The van der Waals surface area contributed by atoms with Gasteiger partial charge in [-0.3, -0.25) is 14.5 Å². The molecular formula is C31H37N3O6. The predicted octanol–water partition coefficient (Wildman–Crippen LogP) is 3.01. The largest absolute Gasteiger partial charge is 0.465 e. The molecule has 9 nitrogen and oxygen atoms in total. The van der Waals surface area contributed by atoms with Gasteiger partial charge in [0.1, 0.15) is 0 Å². The van der Waals surface area contributed by atoms with E-state index in [4.69, 9.17) is 0 Å².